The lowest BCUT2D eigenvalue weighted by molar-refractivity contribution is 0.222. The average molecular weight is 337 g/mol. The number of hydrogen-bond acceptors (Lipinski definition) is 3. The molecule has 0 aliphatic heterocycles. The number of hydrogen-bond donors (Lipinski definition) is 1. The molecule has 1 aromatic carbocycles. The maximum atomic E-state index is 11.4. The van der Waals surface area contributed by atoms with E-state index in [1.54, 1.807) is 24.4 Å². The zero-order valence-corrected chi connectivity index (χ0v) is 13.3. The summed E-state index contributed by atoms with van der Waals surface area (Å²) in [7, 11) is 0. The van der Waals surface area contributed by atoms with Crippen molar-refractivity contribution < 1.29 is 4.74 Å². The Morgan fingerprint density at radius 3 is 2.77 bits per heavy atom. The van der Waals surface area contributed by atoms with Gasteiger partial charge in [-0.15, -0.1) is 12.4 Å². The standard InChI is InChI=1S/C16H13ClN2O2.ClH/c1-10(13-4-2-3-7-18-13)21-15-9-14-11(8-12(15)17)5-6-16(20)19-14;/h2-10H,1H3,(H,19,20);1H/t10-;/m1./s1. The number of halogens is 2. The fraction of sp³-hybridized carbons (Fsp3) is 0.125. The molecule has 2 heterocycles. The van der Waals surface area contributed by atoms with Crippen LogP contribution in [0.4, 0.5) is 0 Å². The molecule has 1 atom stereocenters. The summed E-state index contributed by atoms with van der Waals surface area (Å²) in [5.74, 6) is 0.518. The number of rotatable bonds is 3. The van der Waals surface area contributed by atoms with E-state index in [1.165, 1.54) is 6.07 Å². The summed E-state index contributed by atoms with van der Waals surface area (Å²) in [6.45, 7) is 1.90. The minimum absolute atomic E-state index is 0. The first kappa shape index (κ1) is 16.3. The van der Waals surface area contributed by atoms with E-state index in [0.29, 0.717) is 16.3 Å². The molecule has 0 aliphatic rings. The second-order valence-corrected chi connectivity index (χ2v) is 5.11. The number of aromatic amines is 1. The predicted octanol–water partition coefficient (Wildman–Crippen LogP) is 4.14. The SMILES string of the molecule is C[C@@H](Oc1cc2[nH]c(=O)ccc2cc1Cl)c1ccccn1.Cl. The Kier molecular flexibility index (Phi) is 5.06. The Labute approximate surface area is 138 Å². The van der Waals surface area contributed by atoms with Crippen LogP contribution in [0, 0.1) is 0 Å². The number of ether oxygens (including phenoxy) is 1. The van der Waals surface area contributed by atoms with Crippen molar-refractivity contribution in [1.82, 2.24) is 9.97 Å². The first-order valence-corrected chi connectivity index (χ1v) is 6.91. The van der Waals surface area contributed by atoms with Gasteiger partial charge in [0, 0.05) is 18.3 Å². The van der Waals surface area contributed by atoms with Gasteiger partial charge in [0.1, 0.15) is 11.9 Å². The molecule has 4 nitrogen and oxygen atoms in total. The van der Waals surface area contributed by atoms with Crippen LogP contribution in [0.3, 0.4) is 0 Å². The molecule has 0 aliphatic carbocycles. The summed E-state index contributed by atoms with van der Waals surface area (Å²) in [4.78, 5) is 18.4. The van der Waals surface area contributed by atoms with E-state index in [1.807, 2.05) is 25.1 Å². The third-order valence-electron chi connectivity index (χ3n) is 3.18. The van der Waals surface area contributed by atoms with Crippen molar-refractivity contribution in [2.24, 2.45) is 0 Å². The molecule has 0 saturated heterocycles. The Morgan fingerprint density at radius 1 is 1.23 bits per heavy atom. The van der Waals surface area contributed by atoms with Gasteiger partial charge in [0.05, 0.1) is 16.2 Å². The molecule has 0 saturated carbocycles. The minimum atomic E-state index is -0.239. The van der Waals surface area contributed by atoms with Crippen LogP contribution in [0.15, 0.2) is 53.5 Å². The summed E-state index contributed by atoms with van der Waals surface area (Å²) < 4.78 is 5.86. The van der Waals surface area contributed by atoms with Crippen molar-refractivity contribution in [3.63, 3.8) is 0 Å². The third kappa shape index (κ3) is 3.40. The minimum Gasteiger partial charge on any atom is -0.483 e. The molecule has 0 radical (unpaired) electrons. The quantitative estimate of drug-likeness (QED) is 0.781. The summed E-state index contributed by atoms with van der Waals surface area (Å²) in [5.41, 5.74) is 1.35. The molecular weight excluding hydrogens is 323 g/mol. The maximum absolute atomic E-state index is 11.4. The van der Waals surface area contributed by atoms with Crippen LogP contribution in [0.1, 0.15) is 18.7 Å². The van der Waals surface area contributed by atoms with Gasteiger partial charge >= 0.3 is 0 Å². The van der Waals surface area contributed by atoms with E-state index in [2.05, 4.69) is 9.97 Å². The van der Waals surface area contributed by atoms with E-state index < -0.39 is 0 Å². The van der Waals surface area contributed by atoms with E-state index in [4.69, 9.17) is 16.3 Å². The molecule has 0 spiro atoms. The van der Waals surface area contributed by atoms with E-state index in [0.717, 1.165) is 11.1 Å². The Bertz CT molecular complexity index is 834. The van der Waals surface area contributed by atoms with Crippen molar-refractivity contribution in [3.8, 4) is 5.75 Å². The number of fused-ring (bicyclic) bond motifs is 1. The number of nitrogens with zero attached hydrogens (tertiary/aromatic N) is 1. The molecule has 0 fully saturated rings. The monoisotopic (exact) mass is 336 g/mol. The zero-order chi connectivity index (χ0) is 14.8. The summed E-state index contributed by atoms with van der Waals surface area (Å²) in [5, 5.41) is 1.36. The fourth-order valence-corrected chi connectivity index (χ4v) is 2.33. The first-order valence-electron chi connectivity index (χ1n) is 6.53. The molecule has 3 rings (SSSR count). The number of pyridine rings is 2. The predicted molar refractivity (Wildman–Crippen MR) is 90.1 cm³/mol. The Hall–Kier alpha value is -2.04. The van der Waals surface area contributed by atoms with Gasteiger partial charge in [-0.1, -0.05) is 17.7 Å². The fourth-order valence-electron chi connectivity index (χ4n) is 2.11. The highest BCUT2D eigenvalue weighted by atomic mass is 35.5. The van der Waals surface area contributed by atoms with Gasteiger partial charge in [-0.2, -0.15) is 0 Å². The highest BCUT2D eigenvalue weighted by molar-refractivity contribution is 6.32. The van der Waals surface area contributed by atoms with E-state index in [9.17, 15) is 4.79 Å². The maximum Gasteiger partial charge on any atom is 0.248 e. The zero-order valence-electron chi connectivity index (χ0n) is 11.7. The summed E-state index contributed by atoms with van der Waals surface area (Å²) in [6, 6.07) is 12.3. The highest BCUT2D eigenvalue weighted by Crippen LogP contribution is 2.31. The Morgan fingerprint density at radius 2 is 2.05 bits per heavy atom. The van der Waals surface area contributed by atoms with Gasteiger partial charge < -0.3 is 9.72 Å². The molecule has 1 N–H and O–H groups in total. The molecular formula is C16H14Cl2N2O2. The van der Waals surface area contributed by atoms with E-state index >= 15 is 0 Å². The van der Waals surface area contributed by atoms with Crippen molar-refractivity contribution in [1.29, 1.82) is 0 Å². The number of benzene rings is 1. The largest absolute Gasteiger partial charge is 0.483 e. The number of aromatic nitrogens is 2. The Balaban J connectivity index is 0.00000176. The van der Waals surface area contributed by atoms with Gasteiger partial charge in [0.2, 0.25) is 5.56 Å². The molecule has 3 aromatic rings. The molecule has 2 aromatic heterocycles. The number of H-pyrrole nitrogens is 1. The highest BCUT2D eigenvalue weighted by Gasteiger charge is 2.12. The van der Waals surface area contributed by atoms with Crippen molar-refractivity contribution in [2.75, 3.05) is 0 Å². The molecule has 0 unspecified atom stereocenters. The van der Waals surface area contributed by atoms with Gasteiger partial charge in [0.15, 0.2) is 0 Å². The van der Waals surface area contributed by atoms with Crippen LogP contribution in [-0.4, -0.2) is 9.97 Å². The van der Waals surface area contributed by atoms with Crippen LogP contribution in [0.5, 0.6) is 5.75 Å². The van der Waals surface area contributed by atoms with Crippen molar-refractivity contribution in [3.05, 3.63) is 69.7 Å². The topological polar surface area (TPSA) is 55.0 Å². The van der Waals surface area contributed by atoms with Crippen molar-refractivity contribution in [2.45, 2.75) is 13.0 Å². The molecule has 6 heteroatoms. The molecule has 114 valence electrons. The van der Waals surface area contributed by atoms with Gasteiger partial charge in [0.25, 0.3) is 0 Å². The van der Waals surface area contributed by atoms with Crippen LogP contribution >= 0.6 is 24.0 Å². The van der Waals surface area contributed by atoms with Crippen LogP contribution < -0.4 is 10.3 Å². The molecule has 0 bridgehead atoms. The summed E-state index contributed by atoms with van der Waals surface area (Å²) >= 11 is 6.24. The van der Waals surface area contributed by atoms with Gasteiger partial charge in [-0.25, -0.2) is 0 Å². The lowest BCUT2D eigenvalue weighted by atomic mass is 10.2. The second kappa shape index (κ2) is 6.81. The first-order chi connectivity index (χ1) is 10.1. The smallest absolute Gasteiger partial charge is 0.248 e. The second-order valence-electron chi connectivity index (χ2n) is 4.71. The van der Waals surface area contributed by atoms with Crippen molar-refractivity contribution >= 4 is 34.9 Å². The summed E-state index contributed by atoms with van der Waals surface area (Å²) in [6.07, 6.45) is 1.48. The molecule has 22 heavy (non-hydrogen) atoms. The van der Waals surface area contributed by atoms with Gasteiger partial charge in [-0.05, 0) is 36.6 Å². The normalized spacial score (nSPS) is 11.7. The lowest BCUT2D eigenvalue weighted by Gasteiger charge is -2.15. The van der Waals surface area contributed by atoms with Gasteiger partial charge in [-0.3, -0.25) is 9.78 Å². The molecule has 0 amide bonds. The van der Waals surface area contributed by atoms with Crippen LogP contribution in [-0.2, 0) is 0 Å². The van der Waals surface area contributed by atoms with Crippen LogP contribution in [0.25, 0.3) is 10.9 Å². The van der Waals surface area contributed by atoms with E-state index in [-0.39, 0.29) is 24.1 Å². The lowest BCUT2D eigenvalue weighted by Crippen LogP contribution is -2.06. The van der Waals surface area contributed by atoms with Crippen LogP contribution in [0.2, 0.25) is 5.02 Å². The number of nitrogens with one attached hydrogen (secondary N) is 1. The third-order valence-corrected chi connectivity index (χ3v) is 3.48. The average Bonchev–Trinajstić information content (AvgIpc) is 2.49.